The van der Waals surface area contributed by atoms with Crippen LogP contribution in [0.3, 0.4) is 0 Å². The minimum Gasteiger partial charge on any atom is -0.493 e. The zero-order chi connectivity index (χ0) is 20.3. The summed E-state index contributed by atoms with van der Waals surface area (Å²) in [5.74, 6) is -0.0897. The maximum absolute atomic E-state index is 13.0. The summed E-state index contributed by atoms with van der Waals surface area (Å²) in [5.41, 5.74) is 0.654. The van der Waals surface area contributed by atoms with Crippen molar-refractivity contribution in [1.82, 2.24) is 4.90 Å². The van der Waals surface area contributed by atoms with Crippen molar-refractivity contribution in [2.24, 2.45) is 5.92 Å². The highest BCUT2D eigenvalue weighted by Gasteiger charge is 2.42. The highest BCUT2D eigenvalue weighted by molar-refractivity contribution is 6.01. The average Bonchev–Trinajstić information content (AvgIpc) is 3.46. The van der Waals surface area contributed by atoms with Gasteiger partial charge in [-0.25, -0.2) is 0 Å². The summed E-state index contributed by atoms with van der Waals surface area (Å²) < 4.78 is 15.5. The van der Waals surface area contributed by atoms with Crippen molar-refractivity contribution in [3.63, 3.8) is 0 Å². The molecular weight excluding hydrogens is 364 g/mol. The van der Waals surface area contributed by atoms with E-state index in [4.69, 9.17) is 14.2 Å². The van der Waals surface area contributed by atoms with E-state index >= 15 is 0 Å². The van der Waals surface area contributed by atoms with Gasteiger partial charge >= 0.3 is 5.97 Å². The van der Waals surface area contributed by atoms with Crippen LogP contribution in [0.5, 0.6) is 11.5 Å². The molecule has 0 spiro atoms. The van der Waals surface area contributed by atoms with E-state index in [1.54, 1.807) is 42.0 Å². The van der Waals surface area contributed by atoms with Crippen molar-refractivity contribution in [2.45, 2.75) is 32.2 Å². The normalized spacial score (nSPS) is 18.8. The van der Waals surface area contributed by atoms with Gasteiger partial charge in [0.15, 0.2) is 11.5 Å². The highest BCUT2D eigenvalue weighted by atomic mass is 16.5. The Morgan fingerprint density at radius 2 is 1.89 bits per heavy atom. The van der Waals surface area contributed by atoms with Crippen molar-refractivity contribution in [3.05, 3.63) is 18.2 Å². The molecule has 3 rings (SSSR count). The summed E-state index contributed by atoms with van der Waals surface area (Å²) in [4.78, 5) is 40.6. The van der Waals surface area contributed by atoms with Gasteiger partial charge in [-0.2, -0.15) is 0 Å². The third-order valence-corrected chi connectivity index (χ3v) is 5.03. The van der Waals surface area contributed by atoms with Gasteiger partial charge in [0.2, 0.25) is 11.8 Å². The van der Waals surface area contributed by atoms with Crippen LogP contribution in [0.25, 0.3) is 0 Å². The van der Waals surface area contributed by atoms with E-state index < -0.39 is 11.9 Å². The van der Waals surface area contributed by atoms with Crippen LogP contribution < -0.4 is 14.4 Å². The maximum atomic E-state index is 13.0. The van der Waals surface area contributed by atoms with E-state index in [9.17, 15) is 14.4 Å². The number of rotatable bonds is 8. The van der Waals surface area contributed by atoms with Crippen molar-refractivity contribution < 1.29 is 28.6 Å². The third-order valence-electron chi connectivity index (χ3n) is 5.03. The first-order valence-corrected chi connectivity index (χ1v) is 9.47. The molecule has 0 bridgehead atoms. The second kappa shape index (κ2) is 8.50. The lowest BCUT2D eigenvalue weighted by atomic mass is 10.1. The Kier molecular flexibility index (Phi) is 6.06. The molecule has 0 N–H and O–H groups in total. The van der Waals surface area contributed by atoms with Gasteiger partial charge < -0.3 is 24.0 Å². The molecule has 1 aliphatic heterocycles. The van der Waals surface area contributed by atoms with Crippen molar-refractivity contribution in [1.29, 1.82) is 0 Å². The van der Waals surface area contributed by atoms with Gasteiger partial charge in [0, 0.05) is 30.8 Å². The molecule has 2 fully saturated rings. The fraction of sp³-hybridized carbons (Fsp3) is 0.550. The number of benzene rings is 1. The first-order chi connectivity index (χ1) is 13.5. The van der Waals surface area contributed by atoms with Crippen LogP contribution in [-0.2, 0) is 19.1 Å². The SMILES string of the molecule is CCOC(=O)CN(C(=O)[C@H]1CC(=O)N(c2ccc(OC)c(OC)c2)C1)C1CC1. The summed E-state index contributed by atoms with van der Waals surface area (Å²) >= 11 is 0. The summed E-state index contributed by atoms with van der Waals surface area (Å²) in [6.45, 7) is 2.23. The number of ether oxygens (including phenoxy) is 3. The Labute approximate surface area is 164 Å². The average molecular weight is 390 g/mol. The van der Waals surface area contributed by atoms with Crippen LogP contribution in [0.15, 0.2) is 18.2 Å². The van der Waals surface area contributed by atoms with Gasteiger partial charge in [-0.1, -0.05) is 0 Å². The van der Waals surface area contributed by atoms with Crippen molar-refractivity contribution in [3.8, 4) is 11.5 Å². The number of methoxy groups -OCH3 is 2. The number of carbonyl (C=O) groups is 3. The molecule has 8 nitrogen and oxygen atoms in total. The smallest absolute Gasteiger partial charge is 0.325 e. The number of amides is 2. The van der Waals surface area contributed by atoms with Crippen LogP contribution >= 0.6 is 0 Å². The number of esters is 1. The molecule has 1 saturated carbocycles. The third kappa shape index (κ3) is 4.21. The van der Waals surface area contributed by atoms with Crippen LogP contribution in [0.2, 0.25) is 0 Å². The lowest BCUT2D eigenvalue weighted by Gasteiger charge is -2.24. The van der Waals surface area contributed by atoms with E-state index in [1.807, 2.05) is 0 Å². The quantitative estimate of drug-likeness (QED) is 0.627. The first-order valence-electron chi connectivity index (χ1n) is 9.47. The molecule has 1 atom stereocenters. The van der Waals surface area contributed by atoms with Crippen LogP contribution in [0, 0.1) is 5.92 Å². The number of anilines is 1. The van der Waals surface area contributed by atoms with Gasteiger partial charge in [-0.3, -0.25) is 14.4 Å². The molecule has 1 aromatic rings. The second-order valence-electron chi connectivity index (χ2n) is 6.95. The van der Waals surface area contributed by atoms with Crippen LogP contribution in [-0.4, -0.2) is 62.6 Å². The molecular formula is C20H26N2O6. The fourth-order valence-corrected chi connectivity index (χ4v) is 3.47. The van der Waals surface area contributed by atoms with Gasteiger partial charge in [0.1, 0.15) is 6.54 Å². The Morgan fingerprint density at radius 3 is 2.50 bits per heavy atom. The highest BCUT2D eigenvalue weighted by Crippen LogP contribution is 2.35. The minimum atomic E-state index is -0.476. The van der Waals surface area contributed by atoms with Gasteiger partial charge in [0.05, 0.1) is 26.7 Å². The lowest BCUT2D eigenvalue weighted by Crippen LogP contribution is -2.42. The molecule has 1 saturated heterocycles. The summed E-state index contributed by atoms with van der Waals surface area (Å²) in [6, 6.07) is 5.29. The standard InChI is InChI=1S/C20H26N2O6/c1-4-28-19(24)12-22(14-5-6-14)20(25)13-9-18(23)21(11-13)15-7-8-16(26-2)17(10-15)27-3/h7-8,10,13-14H,4-6,9,11-12H2,1-3H3/t13-/m0/s1. The molecule has 2 amide bonds. The van der Waals surface area contributed by atoms with Gasteiger partial charge in [-0.05, 0) is 31.9 Å². The van der Waals surface area contributed by atoms with Crippen molar-refractivity contribution in [2.75, 3.05) is 38.8 Å². The maximum Gasteiger partial charge on any atom is 0.325 e. The van der Waals surface area contributed by atoms with E-state index in [0.29, 0.717) is 17.2 Å². The largest absolute Gasteiger partial charge is 0.493 e. The van der Waals surface area contributed by atoms with Crippen LogP contribution in [0.4, 0.5) is 5.69 Å². The predicted octanol–water partition coefficient (Wildman–Crippen LogP) is 1.61. The molecule has 28 heavy (non-hydrogen) atoms. The molecule has 8 heteroatoms. The monoisotopic (exact) mass is 390 g/mol. The fourth-order valence-electron chi connectivity index (χ4n) is 3.47. The summed E-state index contributed by atoms with van der Waals surface area (Å²) in [7, 11) is 3.08. The van der Waals surface area contributed by atoms with E-state index in [1.165, 1.54) is 7.11 Å². The Bertz CT molecular complexity index is 761. The van der Waals surface area contributed by atoms with E-state index in [2.05, 4.69) is 0 Å². The van der Waals surface area contributed by atoms with Crippen LogP contribution in [0.1, 0.15) is 26.2 Å². The molecule has 0 aromatic heterocycles. The molecule has 2 aliphatic rings. The second-order valence-corrected chi connectivity index (χ2v) is 6.95. The van der Waals surface area contributed by atoms with E-state index in [0.717, 1.165) is 12.8 Å². The molecule has 1 aliphatic carbocycles. The molecule has 1 heterocycles. The minimum absolute atomic E-state index is 0.0572. The Hall–Kier alpha value is -2.77. The first kappa shape index (κ1) is 20.0. The number of nitrogens with zero attached hydrogens (tertiary/aromatic N) is 2. The number of hydrogen-bond acceptors (Lipinski definition) is 6. The summed E-state index contributed by atoms with van der Waals surface area (Å²) in [6.07, 6.45) is 1.88. The molecule has 0 unspecified atom stereocenters. The molecule has 152 valence electrons. The zero-order valence-electron chi connectivity index (χ0n) is 16.5. The van der Waals surface area contributed by atoms with Gasteiger partial charge in [0.25, 0.3) is 0 Å². The molecule has 1 aromatic carbocycles. The predicted molar refractivity (Wildman–Crippen MR) is 101 cm³/mol. The number of hydrogen-bond donors (Lipinski definition) is 0. The van der Waals surface area contributed by atoms with Gasteiger partial charge in [-0.15, -0.1) is 0 Å². The van der Waals surface area contributed by atoms with Crippen molar-refractivity contribution >= 4 is 23.5 Å². The number of carbonyl (C=O) groups excluding carboxylic acids is 3. The Balaban J connectivity index is 1.72. The zero-order valence-corrected chi connectivity index (χ0v) is 16.5. The van der Waals surface area contributed by atoms with E-state index in [-0.39, 0.29) is 44.0 Å². The Morgan fingerprint density at radius 1 is 1.18 bits per heavy atom. The summed E-state index contributed by atoms with van der Waals surface area (Å²) in [5, 5.41) is 0. The molecule has 0 radical (unpaired) electrons. The topological polar surface area (TPSA) is 85.4 Å². The lowest BCUT2D eigenvalue weighted by molar-refractivity contribution is -0.150.